The van der Waals surface area contributed by atoms with Crippen molar-refractivity contribution in [2.45, 2.75) is 13.8 Å². The molecule has 15 heavy (non-hydrogen) atoms. The van der Waals surface area contributed by atoms with Gasteiger partial charge in [0, 0.05) is 14.5 Å². The van der Waals surface area contributed by atoms with E-state index in [0.29, 0.717) is 0 Å². The maximum Gasteiger partial charge on any atom is 0.135 e. The van der Waals surface area contributed by atoms with Crippen LogP contribution in [0.25, 0.3) is 11.3 Å². The maximum atomic E-state index is 5.40. The molecule has 1 heterocycles. The van der Waals surface area contributed by atoms with Crippen LogP contribution < -0.4 is 0 Å². The molecular weight excluding hydrogens is 320 g/mol. The van der Waals surface area contributed by atoms with Gasteiger partial charge in [-0.05, 0) is 59.1 Å². The Balaban J connectivity index is 2.69. The minimum atomic E-state index is 0.889. The van der Waals surface area contributed by atoms with E-state index in [-0.39, 0.29) is 0 Å². The van der Waals surface area contributed by atoms with Gasteiger partial charge < -0.3 is 4.42 Å². The quantitative estimate of drug-likeness (QED) is 0.710. The Kier molecular flexibility index (Phi) is 3.03. The average Bonchev–Trinajstić information content (AvgIpc) is 2.73. The molecule has 0 aliphatic rings. The van der Waals surface area contributed by atoms with Gasteiger partial charge in [-0.15, -0.1) is 0 Å². The van der Waals surface area contributed by atoms with Crippen LogP contribution in [0.4, 0.5) is 0 Å². The molecule has 0 radical (unpaired) electrons. The smallest absolute Gasteiger partial charge is 0.135 e. The van der Waals surface area contributed by atoms with Crippen molar-refractivity contribution in [3.05, 3.63) is 44.5 Å². The lowest BCUT2D eigenvalue weighted by molar-refractivity contribution is 0.582. The number of aryl methyl sites for hydroxylation is 1. The van der Waals surface area contributed by atoms with Gasteiger partial charge in [-0.2, -0.15) is 0 Å². The van der Waals surface area contributed by atoms with Crippen molar-refractivity contribution in [2.24, 2.45) is 0 Å². The zero-order chi connectivity index (χ0) is 11.0. The largest absolute Gasteiger partial charge is 0.464 e. The number of rotatable bonds is 1. The van der Waals surface area contributed by atoms with E-state index in [9.17, 15) is 0 Å². The number of halogens is 2. The second-order valence-corrected chi connectivity index (χ2v) is 5.06. The van der Waals surface area contributed by atoms with Crippen LogP contribution in [0.5, 0.6) is 0 Å². The first-order valence-corrected chi connectivity index (χ1v) is 6.19. The number of furan rings is 1. The summed E-state index contributed by atoms with van der Waals surface area (Å²) in [5.41, 5.74) is 3.50. The Labute approximate surface area is 106 Å². The van der Waals surface area contributed by atoms with E-state index in [2.05, 4.69) is 51.8 Å². The van der Waals surface area contributed by atoms with Gasteiger partial charge in [0.2, 0.25) is 0 Å². The molecule has 0 fully saturated rings. The fourth-order valence-electron chi connectivity index (χ4n) is 1.55. The van der Waals surface area contributed by atoms with E-state index in [1.807, 2.05) is 12.1 Å². The minimum absolute atomic E-state index is 0.889. The van der Waals surface area contributed by atoms with Gasteiger partial charge >= 0.3 is 0 Å². The Hall–Kier alpha value is -0.540. The summed E-state index contributed by atoms with van der Waals surface area (Å²) >= 11 is 7.16. The molecule has 0 aliphatic carbocycles. The SMILES string of the molecule is Cc1cc(-c2ccco2)c(Br)c(C)c1Br. The zero-order valence-corrected chi connectivity index (χ0v) is 11.6. The average molecular weight is 330 g/mol. The Morgan fingerprint density at radius 3 is 2.47 bits per heavy atom. The van der Waals surface area contributed by atoms with Crippen LogP contribution in [-0.4, -0.2) is 0 Å². The van der Waals surface area contributed by atoms with E-state index >= 15 is 0 Å². The molecule has 0 unspecified atom stereocenters. The highest BCUT2D eigenvalue weighted by atomic mass is 79.9. The predicted molar refractivity (Wildman–Crippen MR) is 69.0 cm³/mol. The number of hydrogen-bond donors (Lipinski definition) is 0. The molecule has 2 rings (SSSR count). The van der Waals surface area contributed by atoms with Crippen molar-refractivity contribution in [1.82, 2.24) is 0 Å². The Bertz CT molecular complexity index is 487. The highest BCUT2D eigenvalue weighted by Crippen LogP contribution is 2.36. The second kappa shape index (κ2) is 4.14. The fraction of sp³-hybridized carbons (Fsp3) is 0.167. The fourth-order valence-corrected chi connectivity index (χ4v) is 2.64. The molecule has 0 atom stereocenters. The van der Waals surface area contributed by atoms with E-state index < -0.39 is 0 Å². The van der Waals surface area contributed by atoms with Gasteiger partial charge in [0.05, 0.1) is 6.26 Å². The first kappa shape index (κ1) is 11.0. The van der Waals surface area contributed by atoms with Crippen LogP contribution in [0, 0.1) is 13.8 Å². The molecule has 78 valence electrons. The predicted octanol–water partition coefficient (Wildman–Crippen LogP) is 5.09. The highest BCUT2D eigenvalue weighted by Gasteiger charge is 2.12. The van der Waals surface area contributed by atoms with Crippen LogP contribution in [0.2, 0.25) is 0 Å². The molecule has 0 spiro atoms. The van der Waals surface area contributed by atoms with Crippen molar-refractivity contribution in [3.8, 4) is 11.3 Å². The van der Waals surface area contributed by atoms with Crippen LogP contribution in [-0.2, 0) is 0 Å². The third-order valence-corrected chi connectivity index (χ3v) is 4.63. The Morgan fingerprint density at radius 1 is 1.13 bits per heavy atom. The van der Waals surface area contributed by atoms with Crippen LogP contribution in [0.1, 0.15) is 11.1 Å². The molecule has 0 saturated heterocycles. The van der Waals surface area contributed by atoms with Gasteiger partial charge in [-0.1, -0.05) is 15.9 Å². The molecule has 1 aromatic heterocycles. The zero-order valence-electron chi connectivity index (χ0n) is 8.47. The molecule has 2 aromatic rings. The first-order valence-electron chi connectivity index (χ1n) is 4.60. The van der Waals surface area contributed by atoms with Crippen LogP contribution in [0.15, 0.2) is 37.8 Å². The summed E-state index contributed by atoms with van der Waals surface area (Å²) in [6.45, 7) is 4.16. The van der Waals surface area contributed by atoms with E-state index in [1.54, 1.807) is 6.26 Å². The summed E-state index contributed by atoms with van der Waals surface area (Å²) in [6.07, 6.45) is 1.69. The minimum Gasteiger partial charge on any atom is -0.464 e. The highest BCUT2D eigenvalue weighted by molar-refractivity contribution is 9.11. The molecule has 0 aliphatic heterocycles. The monoisotopic (exact) mass is 328 g/mol. The maximum absolute atomic E-state index is 5.40. The third-order valence-electron chi connectivity index (χ3n) is 2.39. The van der Waals surface area contributed by atoms with Crippen molar-refractivity contribution in [1.29, 1.82) is 0 Å². The topological polar surface area (TPSA) is 13.1 Å². The lowest BCUT2D eigenvalue weighted by Gasteiger charge is -2.09. The van der Waals surface area contributed by atoms with Crippen molar-refractivity contribution in [2.75, 3.05) is 0 Å². The summed E-state index contributed by atoms with van der Waals surface area (Å²) in [5, 5.41) is 0. The van der Waals surface area contributed by atoms with Crippen LogP contribution >= 0.6 is 31.9 Å². The van der Waals surface area contributed by atoms with Crippen molar-refractivity contribution in [3.63, 3.8) is 0 Å². The summed E-state index contributed by atoms with van der Waals surface area (Å²) in [4.78, 5) is 0. The van der Waals surface area contributed by atoms with E-state index in [1.165, 1.54) is 11.1 Å². The normalized spacial score (nSPS) is 10.7. The van der Waals surface area contributed by atoms with Crippen molar-refractivity contribution < 1.29 is 4.42 Å². The van der Waals surface area contributed by atoms with Crippen LogP contribution in [0.3, 0.4) is 0 Å². The summed E-state index contributed by atoms with van der Waals surface area (Å²) in [5.74, 6) is 0.889. The molecule has 0 amide bonds. The Morgan fingerprint density at radius 2 is 1.87 bits per heavy atom. The van der Waals surface area contributed by atoms with Gasteiger partial charge in [-0.3, -0.25) is 0 Å². The molecule has 0 bridgehead atoms. The summed E-state index contributed by atoms with van der Waals surface area (Å²) in [7, 11) is 0. The van der Waals surface area contributed by atoms with E-state index in [0.717, 1.165) is 20.3 Å². The molecular formula is C12H10Br2O. The molecule has 3 heteroatoms. The lowest BCUT2D eigenvalue weighted by atomic mass is 10.1. The number of benzene rings is 1. The summed E-state index contributed by atoms with van der Waals surface area (Å²) in [6, 6.07) is 5.97. The third kappa shape index (κ3) is 1.91. The molecule has 0 saturated carbocycles. The molecule has 1 nitrogen and oxygen atoms in total. The standard InChI is InChI=1S/C12H10Br2O/c1-7-6-9(10-4-3-5-15-10)12(14)8(2)11(7)13/h3-6H,1-2H3. The van der Waals surface area contributed by atoms with Gasteiger partial charge in [0.15, 0.2) is 0 Å². The van der Waals surface area contributed by atoms with Gasteiger partial charge in [-0.25, -0.2) is 0 Å². The number of hydrogen-bond acceptors (Lipinski definition) is 1. The van der Waals surface area contributed by atoms with Gasteiger partial charge in [0.25, 0.3) is 0 Å². The van der Waals surface area contributed by atoms with Crippen molar-refractivity contribution >= 4 is 31.9 Å². The molecule has 1 aromatic carbocycles. The second-order valence-electron chi connectivity index (χ2n) is 3.47. The summed E-state index contributed by atoms with van der Waals surface area (Å²) < 4.78 is 7.63. The van der Waals surface area contributed by atoms with Gasteiger partial charge in [0.1, 0.15) is 5.76 Å². The van der Waals surface area contributed by atoms with E-state index in [4.69, 9.17) is 4.42 Å². The first-order chi connectivity index (χ1) is 7.11. The molecule has 0 N–H and O–H groups in total. The lowest BCUT2D eigenvalue weighted by Crippen LogP contribution is -1.88.